The molecule has 0 heterocycles. The van der Waals surface area contributed by atoms with Gasteiger partial charge in [0.05, 0.1) is 522 Å². The summed E-state index contributed by atoms with van der Waals surface area (Å²) in [5.41, 5.74) is 7.89. The zero-order chi connectivity index (χ0) is 98.2. The number of ether oxygens (including phenoxy) is 40. The van der Waals surface area contributed by atoms with Crippen LogP contribution in [0.3, 0.4) is 0 Å². The summed E-state index contributed by atoms with van der Waals surface area (Å²) in [6, 6.07) is 0. The van der Waals surface area contributed by atoms with E-state index in [0.29, 0.717) is 554 Å². The van der Waals surface area contributed by atoms with E-state index < -0.39 is 0 Å². The Kier molecular flexibility index (Phi) is 120. The van der Waals surface area contributed by atoms with Crippen molar-refractivity contribution in [2.75, 3.05) is 542 Å². The van der Waals surface area contributed by atoms with Crippen LogP contribution in [0.2, 0.25) is 0 Å². The molecule has 0 aromatic carbocycles. The fourth-order valence-electron chi connectivity index (χ4n) is 9.90. The molecular weight excluding hydrogens is 1820 g/mol. The molecule has 1 N–H and O–H groups in total. The molecule has 46 nitrogen and oxygen atoms in total. The van der Waals surface area contributed by atoms with Crippen LogP contribution in [0.25, 0.3) is 10.4 Å². The Bertz CT molecular complexity index is 2280. The number of carbonyl (C=O) groups is 2. The third kappa shape index (κ3) is 125. The quantitative estimate of drug-likeness (QED) is 0.0396. The fraction of sp³-hybridized carbons (Fsp3) is 0.978. The van der Waals surface area contributed by atoms with Gasteiger partial charge in [-0.25, -0.2) is 0 Å². The van der Waals surface area contributed by atoms with E-state index in [-0.39, 0.29) is 23.5 Å². The first-order chi connectivity index (χ1) is 67.9. The van der Waals surface area contributed by atoms with Crippen molar-refractivity contribution in [1.29, 1.82) is 0 Å². The number of ketones is 1. The molecule has 0 saturated heterocycles. The van der Waals surface area contributed by atoms with Crippen molar-refractivity contribution in [3.8, 4) is 0 Å². The van der Waals surface area contributed by atoms with E-state index in [4.69, 9.17) is 195 Å². The predicted molar refractivity (Wildman–Crippen MR) is 498 cm³/mol. The number of azide groups is 1. The number of Topliss-reactive ketones (excluding diaryl/α,β-unsaturated/α-hetero) is 1. The molecule has 137 heavy (non-hydrogen) atoms. The van der Waals surface area contributed by atoms with Crippen LogP contribution in [-0.4, -0.2) is 553 Å². The van der Waals surface area contributed by atoms with Crippen molar-refractivity contribution in [3.63, 3.8) is 0 Å². The van der Waals surface area contributed by atoms with Gasteiger partial charge >= 0.3 is 0 Å². The molecule has 0 aromatic heterocycles. The number of hydrogen-bond acceptors (Lipinski definition) is 43. The number of nitrogens with zero attached hydrogens (tertiary/aromatic N) is 3. The van der Waals surface area contributed by atoms with Gasteiger partial charge in [-0.2, -0.15) is 0 Å². The van der Waals surface area contributed by atoms with E-state index in [9.17, 15) is 9.59 Å². The first-order valence-electron chi connectivity index (χ1n) is 48.8. The van der Waals surface area contributed by atoms with Crippen molar-refractivity contribution in [2.45, 2.75) is 40.0 Å². The summed E-state index contributed by atoms with van der Waals surface area (Å²) in [4.78, 5) is 26.5. The van der Waals surface area contributed by atoms with Gasteiger partial charge in [-0.1, -0.05) is 25.9 Å². The number of amides is 1. The van der Waals surface area contributed by atoms with Crippen LogP contribution in [0, 0.1) is 5.41 Å². The molecule has 0 atom stereocenters. The summed E-state index contributed by atoms with van der Waals surface area (Å²) >= 11 is 0. The second kappa shape index (κ2) is 123. The number of hydrogen-bond donors (Lipinski definition) is 1. The minimum absolute atomic E-state index is 0.107. The minimum atomic E-state index is -0.329. The van der Waals surface area contributed by atoms with E-state index in [0.717, 1.165) is 0 Å². The molecule has 816 valence electrons. The van der Waals surface area contributed by atoms with Crippen molar-refractivity contribution < 1.29 is 199 Å². The number of carbonyl (C=O) groups excluding carboxylic acids is 2. The van der Waals surface area contributed by atoms with Gasteiger partial charge in [0.25, 0.3) is 0 Å². The highest BCUT2D eigenvalue weighted by molar-refractivity contribution is 5.83. The van der Waals surface area contributed by atoms with Crippen molar-refractivity contribution in [3.05, 3.63) is 10.4 Å². The maximum absolute atomic E-state index is 12.0. The summed E-state index contributed by atoms with van der Waals surface area (Å²) in [5.74, 6) is 0.0867. The molecule has 1 amide bonds. The van der Waals surface area contributed by atoms with Crippen LogP contribution >= 0.6 is 0 Å². The summed E-state index contributed by atoms with van der Waals surface area (Å²) in [5, 5.41) is 6.23. The first-order valence-corrected chi connectivity index (χ1v) is 48.8. The lowest BCUT2D eigenvalue weighted by atomic mass is 9.89. The lowest BCUT2D eigenvalue weighted by Crippen LogP contribution is -2.28. The zero-order valence-electron chi connectivity index (χ0n) is 83.6. The topological polar surface area (TPSA) is 464 Å². The lowest BCUT2D eigenvalue weighted by molar-refractivity contribution is -0.127. The SMILES string of the molecule is CC(C)(C)C(=O)CCOCCOCCOCCOCCOCCOCCOCCOCCOCCOCCOCCOCCOCCOCCOCCOCCOCCOCCOCCOCCOCCOCCOCCOCCOCCOCCOCCOCCOCCOCCOCCOCCOCCOCCOCCOCCNC(=O)CCOCCOCCOCCOCCCN=[N+]=[N-]. The maximum atomic E-state index is 12.0. The largest absolute Gasteiger partial charge is 0.379 e. The average Bonchev–Trinajstić information content (AvgIpc) is 0.921. The molecular formula is C91H180N4O42. The Balaban J connectivity index is 3.12. The number of rotatable bonds is 127. The smallest absolute Gasteiger partial charge is 0.222 e. The van der Waals surface area contributed by atoms with Gasteiger partial charge in [0.15, 0.2) is 0 Å². The molecule has 0 unspecified atom stereocenters. The average molecular weight is 2000 g/mol. The van der Waals surface area contributed by atoms with Crippen LogP contribution < -0.4 is 5.32 Å². The monoisotopic (exact) mass is 2000 g/mol. The van der Waals surface area contributed by atoms with Gasteiger partial charge in [0.1, 0.15) is 5.78 Å². The van der Waals surface area contributed by atoms with Gasteiger partial charge in [0.2, 0.25) is 5.91 Å². The second-order valence-corrected chi connectivity index (χ2v) is 29.3. The summed E-state index contributed by atoms with van der Waals surface area (Å²) < 4.78 is 221. The third-order valence-corrected chi connectivity index (χ3v) is 17.1. The Labute approximate surface area is 815 Å². The van der Waals surface area contributed by atoms with Gasteiger partial charge in [-0.3, -0.25) is 9.59 Å². The Morgan fingerprint density at radius 2 is 0.299 bits per heavy atom. The molecule has 46 heteroatoms. The standard InChI is InChI=1S/C91H180N4O42/c1-91(2,3)89(96)5-10-99-14-18-103-23-25-106-27-29-108-31-33-110-35-37-112-39-41-114-43-45-116-47-49-118-51-53-120-55-57-122-59-61-124-63-65-126-67-69-128-71-73-130-75-77-132-79-81-134-83-85-136-87-88-137-86-84-135-82-80-133-78-76-131-74-72-129-70-68-127-66-64-125-62-60-123-58-56-121-54-52-119-50-48-117-46-44-115-42-40-113-38-36-111-34-32-109-30-28-107-26-24-105-20-16-101-12-8-93-90(97)6-11-100-15-19-104-22-21-102-17-13-98-9-4-7-94-95-92/h4-88H2,1-3H3,(H,93,97). The van der Waals surface area contributed by atoms with Gasteiger partial charge < -0.3 is 195 Å². The van der Waals surface area contributed by atoms with Crippen LogP contribution in [0.1, 0.15) is 40.0 Å². The Hall–Kier alpha value is -3.15. The first kappa shape index (κ1) is 134. The Morgan fingerprint density at radius 3 is 0.431 bits per heavy atom. The van der Waals surface area contributed by atoms with E-state index in [1.807, 2.05) is 20.8 Å². The molecule has 0 spiro atoms. The van der Waals surface area contributed by atoms with E-state index in [2.05, 4.69) is 15.3 Å². The molecule has 0 rings (SSSR count). The maximum Gasteiger partial charge on any atom is 0.222 e. The summed E-state index contributed by atoms with van der Waals surface area (Å²) in [6.45, 7) is 43.7. The Morgan fingerprint density at radius 1 is 0.182 bits per heavy atom. The van der Waals surface area contributed by atoms with E-state index in [1.165, 1.54) is 0 Å². The van der Waals surface area contributed by atoms with Crippen molar-refractivity contribution in [2.24, 2.45) is 10.5 Å². The molecule has 0 aromatic rings. The predicted octanol–water partition coefficient (Wildman–Crippen LogP) is 2.86. The van der Waals surface area contributed by atoms with Gasteiger partial charge in [-0.15, -0.1) is 0 Å². The van der Waals surface area contributed by atoms with Gasteiger partial charge in [-0.05, 0) is 12.0 Å². The second-order valence-electron chi connectivity index (χ2n) is 29.3. The third-order valence-electron chi connectivity index (χ3n) is 17.1. The molecule has 0 saturated carbocycles. The van der Waals surface area contributed by atoms with Crippen LogP contribution in [0.4, 0.5) is 0 Å². The summed E-state index contributed by atoms with van der Waals surface area (Å²) in [6.07, 6.45) is 1.36. The highest BCUT2D eigenvalue weighted by atomic mass is 16.6. The highest BCUT2D eigenvalue weighted by Crippen LogP contribution is 2.16. The minimum Gasteiger partial charge on any atom is -0.379 e. The van der Waals surface area contributed by atoms with E-state index >= 15 is 0 Å². The van der Waals surface area contributed by atoms with Crippen LogP contribution in [0.15, 0.2) is 5.11 Å². The van der Waals surface area contributed by atoms with Crippen LogP contribution in [-0.2, 0) is 199 Å². The molecule has 0 aliphatic rings. The highest BCUT2D eigenvalue weighted by Gasteiger charge is 2.20. The van der Waals surface area contributed by atoms with Crippen molar-refractivity contribution >= 4 is 11.7 Å². The molecule has 0 aliphatic carbocycles. The molecule has 0 radical (unpaired) electrons. The molecule has 0 fully saturated rings. The lowest BCUT2D eigenvalue weighted by Gasteiger charge is -2.16. The molecule has 0 bridgehead atoms. The van der Waals surface area contributed by atoms with Crippen LogP contribution in [0.5, 0.6) is 0 Å². The number of nitrogens with one attached hydrogen (secondary N) is 1. The molecule has 0 aliphatic heterocycles. The van der Waals surface area contributed by atoms with E-state index in [1.54, 1.807) is 0 Å². The normalized spacial score (nSPS) is 11.8. The fourth-order valence-corrected chi connectivity index (χ4v) is 9.90. The van der Waals surface area contributed by atoms with Gasteiger partial charge in [0, 0.05) is 42.9 Å². The summed E-state index contributed by atoms with van der Waals surface area (Å²) in [7, 11) is 0. The van der Waals surface area contributed by atoms with Crippen molar-refractivity contribution in [1.82, 2.24) is 5.32 Å². The zero-order valence-corrected chi connectivity index (χ0v) is 83.6.